The number of nitrogens with two attached hydrogens (primary N) is 1. The Morgan fingerprint density at radius 1 is 1.44 bits per heavy atom. The van der Waals surface area contributed by atoms with Gasteiger partial charge < -0.3 is 15.8 Å². The fourth-order valence-electron chi connectivity index (χ4n) is 1.80. The van der Waals surface area contributed by atoms with Gasteiger partial charge in [-0.15, -0.1) is 0 Å². The lowest BCUT2D eigenvalue weighted by atomic mass is 10.2. The Morgan fingerprint density at radius 2 is 2.11 bits per heavy atom. The van der Waals surface area contributed by atoms with Crippen LogP contribution in [0.25, 0.3) is 0 Å². The highest BCUT2D eigenvalue weighted by molar-refractivity contribution is 6.30. The third-order valence-electron chi connectivity index (χ3n) is 2.97. The monoisotopic (exact) mass is 268 g/mol. The van der Waals surface area contributed by atoms with Crippen LogP contribution in [0, 0.1) is 5.92 Å². The van der Waals surface area contributed by atoms with Gasteiger partial charge in [0.1, 0.15) is 5.75 Å². The molecule has 1 aliphatic rings. The van der Waals surface area contributed by atoms with Crippen molar-refractivity contribution in [1.29, 1.82) is 0 Å². The Kier molecular flexibility index (Phi) is 4.44. The van der Waals surface area contributed by atoms with Crippen LogP contribution in [0.15, 0.2) is 24.3 Å². The molecule has 0 aromatic heterocycles. The number of ether oxygens (including phenoxy) is 1. The summed E-state index contributed by atoms with van der Waals surface area (Å²) in [7, 11) is 0. The summed E-state index contributed by atoms with van der Waals surface area (Å²) in [5.41, 5.74) is 5.62. The van der Waals surface area contributed by atoms with Crippen molar-refractivity contribution in [1.82, 2.24) is 5.32 Å². The normalized spacial score (nSPS) is 16.1. The first-order valence-electron chi connectivity index (χ1n) is 6.07. The number of carbonyl (C=O) groups is 1. The Bertz CT molecular complexity index is 404. The Labute approximate surface area is 111 Å². The van der Waals surface area contributed by atoms with Crippen LogP contribution in [-0.2, 0) is 4.79 Å². The predicted molar refractivity (Wildman–Crippen MR) is 70.7 cm³/mol. The van der Waals surface area contributed by atoms with Crippen molar-refractivity contribution < 1.29 is 9.53 Å². The molecule has 1 fully saturated rings. The van der Waals surface area contributed by atoms with Crippen molar-refractivity contribution in [3.05, 3.63) is 29.3 Å². The molecule has 0 saturated heterocycles. The minimum absolute atomic E-state index is 0.00481. The summed E-state index contributed by atoms with van der Waals surface area (Å²) in [6.07, 6.45) is 2.31. The van der Waals surface area contributed by atoms with Gasteiger partial charge in [0, 0.05) is 17.6 Å². The van der Waals surface area contributed by atoms with E-state index in [1.165, 1.54) is 0 Å². The first kappa shape index (κ1) is 13.2. The van der Waals surface area contributed by atoms with Crippen molar-refractivity contribution in [3.63, 3.8) is 0 Å². The minimum Gasteiger partial charge on any atom is -0.484 e. The van der Waals surface area contributed by atoms with E-state index in [-0.39, 0.29) is 18.6 Å². The van der Waals surface area contributed by atoms with E-state index in [0.29, 0.717) is 23.2 Å². The molecule has 1 unspecified atom stereocenters. The largest absolute Gasteiger partial charge is 0.484 e. The van der Waals surface area contributed by atoms with Crippen molar-refractivity contribution in [2.75, 3.05) is 13.2 Å². The van der Waals surface area contributed by atoms with E-state index in [1.807, 2.05) is 0 Å². The maximum absolute atomic E-state index is 11.7. The number of rotatable bonds is 6. The number of halogens is 1. The second-order valence-electron chi connectivity index (χ2n) is 4.49. The van der Waals surface area contributed by atoms with Crippen molar-refractivity contribution in [3.8, 4) is 5.75 Å². The molecule has 18 heavy (non-hydrogen) atoms. The molecule has 3 N–H and O–H groups in total. The van der Waals surface area contributed by atoms with Crippen molar-refractivity contribution >= 4 is 17.5 Å². The maximum Gasteiger partial charge on any atom is 0.258 e. The molecule has 0 heterocycles. The number of benzene rings is 1. The zero-order valence-corrected chi connectivity index (χ0v) is 10.8. The van der Waals surface area contributed by atoms with Crippen LogP contribution in [-0.4, -0.2) is 25.1 Å². The van der Waals surface area contributed by atoms with E-state index in [9.17, 15) is 4.79 Å². The summed E-state index contributed by atoms with van der Waals surface area (Å²) < 4.78 is 5.36. The maximum atomic E-state index is 11.7. The second kappa shape index (κ2) is 6.07. The molecule has 0 radical (unpaired) electrons. The Morgan fingerprint density at radius 3 is 2.67 bits per heavy atom. The van der Waals surface area contributed by atoms with Crippen LogP contribution in [0.3, 0.4) is 0 Å². The van der Waals surface area contributed by atoms with Gasteiger partial charge in [-0.2, -0.15) is 0 Å². The van der Waals surface area contributed by atoms with Crippen LogP contribution in [0.4, 0.5) is 0 Å². The third kappa shape index (κ3) is 3.89. The molecule has 4 nitrogen and oxygen atoms in total. The molecule has 5 heteroatoms. The number of hydrogen-bond donors (Lipinski definition) is 2. The van der Waals surface area contributed by atoms with E-state index >= 15 is 0 Å². The highest BCUT2D eigenvalue weighted by Gasteiger charge is 2.31. The van der Waals surface area contributed by atoms with Gasteiger partial charge in [0.05, 0.1) is 0 Å². The molecule has 1 aromatic rings. The molecule has 0 aliphatic heterocycles. The molecule has 2 rings (SSSR count). The lowest BCUT2D eigenvalue weighted by Crippen LogP contribution is -2.43. The topological polar surface area (TPSA) is 64.3 Å². The Hall–Kier alpha value is -1.26. The highest BCUT2D eigenvalue weighted by atomic mass is 35.5. The number of carbonyl (C=O) groups excluding carboxylic acids is 1. The summed E-state index contributed by atoms with van der Waals surface area (Å²) in [6, 6.07) is 7.00. The summed E-state index contributed by atoms with van der Waals surface area (Å²) in [4.78, 5) is 11.7. The SMILES string of the molecule is NCC(NC(=O)COc1ccc(Cl)cc1)C1CC1. The average Bonchev–Trinajstić information content (AvgIpc) is 3.19. The highest BCUT2D eigenvalue weighted by Crippen LogP contribution is 2.32. The van der Waals surface area contributed by atoms with Crippen molar-refractivity contribution in [2.24, 2.45) is 11.7 Å². The van der Waals surface area contributed by atoms with E-state index < -0.39 is 0 Å². The molecule has 1 aromatic carbocycles. The lowest BCUT2D eigenvalue weighted by Gasteiger charge is -2.16. The van der Waals surface area contributed by atoms with Gasteiger partial charge in [-0.25, -0.2) is 0 Å². The molecule has 0 spiro atoms. The fourth-order valence-corrected chi connectivity index (χ4v) is 1.92. The fraction of sp³-hybridized carbons (Fsp3) is 0.462. The number of hydrogen-bond acceptors (Lipinski definition) is 3. The van der Waals surface area contributed by atoms with Gasteiger partial charge >= 0.3 is 0 Å². The van der Waals surface area contributed by atoms with Crippen LogP contribution >= 0.6 is 11.6 Å². The first-order valence-corrected chi connectivity index (χ1v) is 6.44. The van der Waals surface area contributed by atoms with Crippen LogP contribution in [0.1, 0.15) is 12.8 Å². The molecular formula is C13H17ClN2O2. The van der Waals surface area contributed by atoms with Gasteiger partial charge in [-0.1, -0.05) is 11.6 Å². The van der Waals surface area contributed by atoms with Gasteiger partial charge in [0.2, 0.25) is 0 Å². The third-order valence-corrected chi connectivity index (χ3v) is 3.23. The summed E-state index contributed by atoms with van der Waals surface area (Å²) in [5, 5.41) is 3.54. The zero-order chi connectivity index (χ0) is 13.0. The summed E-state index contributed by atoms with van der Waals surface area (Å²) >= 11 is 5.76. The van der Waals surface area contributed by atoms with E-state index in [1.54, 1.807) is 24.3 Å². The predicted octanol–water partition coefficient (Wildman–Crippen LogP) is 1.57. The summed E-state index contributed by atoms with van der Waals surface area (Å²) in [6.45, 7) is 0.488. The standard InChI is InChI=1S/C13H17ClN2O2/c14-10-3-5-11(6-4-10)18-8-13(17)16-12(7-15)9-1-2-9/h3-6,9,12H,1-2,7-8,15H2,(H,16,17). The Balaban J connectivity index is 1.75. The van der Waals surface area contributed by atoms with Crippen LogP contribution in [0.2, 0.25) is 5.02 Å². The molecule has 98 valence electrons. The van der Waals surface area contributed by atoms with Crippen LogP contribution in [0.5, 0.6) is 5.75 Å². The summed E-state index contributed by atoms with van der Waals surface area (Å²) in [5.74, 6) is 1.05. The lowest BCUT2D eigenvalue weighted by molar-refractivity contribution is -0.123. The minimum atomic E-state index is -0.132. The number of nitrogens with one attached hydrogen (secondary N) is 1. The first-order chi connectivity index (χ1) is 8.69. The van der Waals surface area contributed by atoms with Gasteiger partial charge in [-0.3, -0.25) is 4.79 Å². The van der Waals surface area contributed by atoms with E-state index in [0.717, 1.165) is 12.8 Å². The molecule has 1 saturated carbocycles. The molecule has 1 atom stereocenters. The molecule has 0 bridgehead atoms. The van der Waals surface area contributed by atoms with E-state index in [4.69, 9.17) is 22.1 Å². The average molecular weight is 269 g/mol. The smallest absolute Gasteiger partial charge is 0.258 e. The van der Waals surface area contributed by atoms with Gasteiger partial charge in [0.15, 0.2) is 6.61 Å². The van der Waals surface area contributed by atoms with Gasteiger partial charge in [-0.05, 0) is 43.0 Å². The second-order valence-corrected chi connectivity index (χ2v) is 4.93. The zero-order valence-electron chi connectivity index (χ0n) is 10.1. The molecule has 1 aliphatic carbocycles. The van der Waals surface area contributed by atoms with E-state index in [2.05, 4.69) is 5.32 Å². The number of amides is 1. The van der Waals surface area contributed by atoms with Gasteiger partial charge in [0.25, 0.3) is 5.91 Å². The quantitative estimate of drug-likeness (QED) is 0.823. The van der Waals surface area contributed by atoms with Crippen LogP contribution < -0.4 is 15.8 Å². The molecule has 1 amide bonds. The molecular weight excluding hydrogens is 252 g/mol. The van der Waals surface area contributed by atoms with Crippen molar-refractivity contribution in [2.45, 2.75) is 18.9 Å².